The first-order valence-corrected chi connectivity index (χ1v) is 5.86. The highest BCUT2D eigenvalue weighted by Gasteiger charge is 2.15. The van der Waals surface area contributed by atoms with Crippen LogP contribution in [0.5, 0.6) is 0 Å². The Kier molecular flexibility index (Phi) is 3.37. The highest BCUT2D eigenvalue weighted by molar-refractivity contribution is 5.99. The molecule has 5 nitrogen and oxygen atoms in total. The summed E-state index contributed by atoms with van der Waals surface area (Å²) in [6.45, 7) is 4.04. The highest BCUT2D eigenvalue weighted by Crippen LogP contribution is 2.20. The lowest BCUT2D eigenvalue weighted by Gasteiger charge is -2.12. The van der Waals surface area contributed by atoms with E-state index in [1.54, 1.807) is 0 Å². The van der Waals surface area contributed by atoms with Gasteiger partial charge in [-0.15, -0.1) is 0 Å². The Morgan fingerprint density at radius 2 is 2.12 bits per heavy atom. The molecule has 2 rings (SSSR count). The normalized spacial score (nSPS) is 11.0. The molecule has 5 heteroatoms. The van der Waals surface area contributed by atoms with Gasteiger partial charge in [-0.05, 0) is 25.0 Å². The van der Waals surface area contributed by atoms with E-state index >= 15 is 0 Å². The maximum Gasteiger partial charge on any atom is 0.227 e. The SMILES string of the molecule is CCC(CC)C(=O)Nc1cccc2n[nH]nc12. The summed E-state index contributed by atoms with van der Waals surface area (Å²) in [4.78, 5) is 12.0. The van der Waals surface area contributed by atoms with Crippen molar-refractivity contribution < 1.29 is 4.79 Å². The zero-order valence-corrected chi connectivity index (χ0v) is 10.0. The Hall–Kier alpha value is -1.91. The molecule has 17 heavy (non-hydrogen) atoms. The van der Waals surface area contributed by atoms with Crippen molar-refractivity contribution in [3.05, 3.63) is 18.2 Å². The van der Waals surface area contributed by atoms with Crippen LogP contribution in [0.3, 0.4) is 0 Å². The fourth-order valence-electron chi connectivity index (χ4n) is 1.86. The quantitative estimate of drug-likeness (QED) is 0.849. The van der Waals surface area contributed by atoms with Crippen molar-refractivity contribution in [2.45, 2.75) is 26.7 Å². The number of benzene rings is 1. The number of carbonyl (C=O) groups is 1. The van der Waals surface area contributed by atoms with Crippen molar-refractivity contribution in [2.75, 3.05) is 5.32 Å². The number of aromatic nitrogens is 3. The van der Waals surface area contributed by atoms with E-state index in [2.05, 4.69) is 20.7 Å². The fraction of sp³-hybridized carbons (Fsp3) is 0.417. The van der Waals surface area contributed by atoms with Crippen LogP contribution in [0.15, 0.2) is 18.2 Å². The summed E-state index contributed by atoms with van der Waals surface area (Å²) in [5.74, 6) is 0.0997. The number of hydrogen-bond acceptors (Lipinski definition) is 3. The number of rotatable bonds is 4. The number of H-pyrrole nitrogens is 1. The van der Waals surface area contributed by atoms with Crippen molar-refractivity contribution >= 4 is 22.6 Å². The summed E-state index contributed by atoms with van der Waals surface area (Å²) in [6, 6.07) is 5.55. The van der Waals surface area contributed by atoms with Crippen LogP contribution in [0.25, 0.3) is 11.0 Å². The molecule has 0 bridgehead atoms. The van der Waals surface area contributed by atoms with Gasteiger partial charge in [0.2, 0.25) is 5.91 Å². The van der Waals surface area contributed by atoms with Gasteiger partial charge in [-0.1, -0.05) is 19.9 Å². The molecule has 0 unspecified atom stereocenters. The van der Waals surface area contributed by atoms with Crippen LogP contribution in [0.4, 0.5) is 5.69 Å². The Bertz CT molecular complexity index is 516. The van der Waals surface area contributed by atoms with Crippen LogP contribution < -0.4 is 5.32 Å². The van der Waals surface area contributed by atoms with E-state index in [0.29, 0.717) is 11.2 Å². The number of amides is 1. The molecule has 0 atom stereocenters. The van der Waals surface area contributed by atoms with Gasteiger partial charge in [0.15, 0.2) is 0 Å². The standard InChI is InChI=1S/C12H16N4O/c1-3-8(4-2)12(17)13-9-6-5-7-10-11(9)15-16-14-10/h5-8H,3-4H2,1-2H3,(H,13,17)(H,14,15,16). The molecule has 1 amide bonds. The van der Waals surface area contributed by atoms with Crippen molar-refractivity contribution in [3.63, 3.8) is 0 Å². The van der Waals surface area contributed by atoms with Gasteiger partial charge in [-0.2, -0.15) is 15.4 Å². The Morgan fingerprint density at radius 3 is 2.82 bits per heavy atom. The predicted molar refractivity (Wildman–Crippen MR) is 66.6 cm³/mol. The number of nitrogens with zero attached hydrogens (tertiary/aromatic N) is 2. The molecule has 1 aromatic heterocycles. The molecule has 0 saturated carbocycles. The third-order valence-electron chi connectivity index (χ3n) is 2.96. The van der Waals surface area contributed by atoms with E-state index in [1.165, 1.54) is 0 Å². The molecule has 2 aromatic rings. The Labute approximate surface area is 99.6 Å². The molecule has 0 aliphatic carbocycles. The first kappa shape index (κ1) is 11.6. The summed E-state index contributed by atoms with van der Waals surface area (Å²) in [6.07, 6.45) is 1.69. The number of carbonyl (C=O) groups excluding carboxylic acids is 1. The second kappa shape index (κ2) is 4.95. The van der Waals surface area contributed by atoms with Crippen LogP contribution in [-0.2, 0) is 4.79 Å². The second-order valence-corrected chi connectivity index (χ2v) is 4.00. The van der Waals surface area contributed by atoms with Crippen molar-refractivity contribution in [3.8, 4) is 0 Å². The lowest BCUT2D eigenvalue weighted by molar-refractivity contribution is -0.120. The minimum Gasteiger partial charge on any atom is -0.324 e. The van der Waals surface area contributed by atoms with Gasteiger partial charge in [-0.3, -0.25) is 4.79 Å². The molecule has 1 aromatic carbocycles. The topological polar surface area (TPSA) is 70.7 Å². The lowest BCUT2D eigenvalue weighted by Crippen LogP contribution is -2.21. The zero-order valence-electron chi connectivity index (χ0n) is 10.0. The maximum atomic E-state index is 12.0. The van der Waals surface area contributed by atoms with E-state index in [0.717, 1.165) is 18.4 Å². The van der Waals surface area contributed by atoms with Gasteiger partial charge >= 0.3 is 0 Å². The Morgan fingerprint density at radius 1 is 1.35 bits per heavy atom. The Balaban J connectivity index is 2.23. The van der Waals surface area contributed by atoms with Crippen molar-refractivity contribution in [1.29, 1.82) is 0 Å². The number of hydrogen-bond donors (Lipinski definition) is 2. The minimum atomic E-state index is 0.0468. The number of nitrogens with one attached hydrogen (secondary N) is 2. The largest absolute Gasteiger partial charge is 0.324 e. The average molecular weight is 232 g/mol. The molecule has 0 saturated heterocycles. The molecular weight excluding hydrogens is 216 g/mol. The van der Waals surface area contributed by atoms with E-state index in [4.69, 9.17) is 0 Å². The molecule has 90 valence electrons. The van der Waals surface area contributed by atoms with Crippen LogP contribution in [0.2, 0.25) is 0 Å². The molecule has 0 aliphatic heterocycles. The molecule has 0 radical (unpaired) electrons. The first-order chi connectivity index (χ1) is 8.26. The van der Waals surface area contributed by atoms with E-state index in [1.807, 2.05) is 32.0 Å². The second-order valence-electron chi connectivity index (χ2n) is 4.00. The van der Waals surface area contributed by atoms with E-state index < -0.39 is 0 Å². The van der Waals surface area contributed by atoms with Crippen molar-refractivity contribution in [2.24, 2.45) is 5.92 Å². The van der Waals surface area contributed by atoms with Gasteiger partial charge in [0.1, 0.15) is 11.0 Å². The van der Waals surface area contributed by atoms with Crippen LogP contribution in [0.1, 0.15) is 26.7 Å². The van der Waals surface area contributed by atoms with Crippen molar-refractivity contribution in [1.82, 2.24) is 15.4 Å². The van der Waals surface area contributed by atoms with Gasteiger partial charge < -0.3 is 5.32 Å². The average Bonchev–Trinajstić information content (AvgIpc) is 2.80. The summed E-state index contributed by atoms with van der Waals surface area (Å²) < 4.78 is 0. The summed E-state index contributed by atoms with van der Waals surface area (Å²) in [7, 11) is 0. The third kappa shape index (κ3) is 2.27. The number of para-hydroxylation sites is 1. The molecule has 0 aliphatic rings. The van der Waals surface area contributed by atoms with E-state index in [-0.39, 0.29) is 11.8 Å². The molecule has 0 fully saturated rings. The van der Waals surface area contributed by atoms with Gasteiger partial charge in [-0.25, -0.2) is 0 Å². The highest BCUT2D eigenvalue weighted by atomic mass is 16.1. The summed E-state index contributed by atoms with van der Waals surface area (Å²) in [5.41, 5.74) is 2.17. The lowest BCUT2D eigenvalue weighted by atomic mass is 10.0. The smallest absolute Gasteiger partial charge is 0.227 e. The van der Waals surface area contributed by atoms with Gasteiger partial charge in [0.05, 0.1) is 5.69 Å². The summed E-state index contributed by atoms with van der Waals surface area (Å²) >= 11 is 0. The van der Waals surface area contributed by atoms with Gasteiger partial charge in [0, 0.05) is 5.92 Å². The number of aromatic amines is 1. The third-order valence-corrected chi connectivity index (χ3v) is 2.96. The van der Waals surface area contributed by atoms with Crippen LogP contribution in [-0.4, -0.2) is 21.3 Å². The fourth-order valence-corrected chi connectivity index (χ4v) is 1.86. The molecule has 2 N–H and O–H groups in total. The number of anilines is 1. The minimum absolute atomic E-state index is 0.0468. The zero-order chi connectivity index (χ0) is 12.3. The first-order valence-electron chi connectivity index (χ1n) is 5.86. The maximum absolute atomic E-state index is 12.0. The van der Waals surface area contributed by atoms with Crippen LogP contribution >= 0.6 is 0 Å². The van der Waals surface area contributed by atoms with E-state index in [9.17, 15) is 4.79 Å². The molecule has 0 spiro atoms. The monoisotopic (exact) mass is 232 g/mol. The molecular formula is C12H16N4O. The van der Waals surface area contributed by atoms with Crippen LogP contribution in [0, 0.1) is 5.92 Å². The predicted octanol–water partition coefficient (Wildman–Crippen LogP) is 2.33. The summed E-state index contributed by atoms with van der Waals surface area (Å²) in [5, 5.41) is 13.5. The van der Waals surface area contributed by atoms with Gasteiger partial charge in [0.25, 0.3) is 0 Å². The molecule has 1 heterocycles. The number of fused-ring (bicyclic) bond motifs is 1.